The minimum atomic E-state index is -1.59. The van der Waals surface area contributed by atoms with Crippen LogP contribution in [0, 0.1) is 0 Å². The maximum absolute atomic E-state index is 13.8. The van der Waals surface area contributed by atoms with Crippen molar-refractivity contribution in [1.29, 1.82) is 0 Å². The van der Waals surface area contributed by atoms with Crippen molar-refractivity contribution in [2.24, 2.45) is 5.73 Å². The van der Waals surface area contributed by atoms with Crippen LogP contribution in [0.15, 0.2) is 85.1 Å². The summed E-state index contributed by atoms with van der Waals surface area (Å²) in [4.78, 5) is 54.8. The number of para-hydroxylation sites is 1. The Bertz CT molecular complexity index is 1590. The van der Waals surface area contributed by atoms with Gasteiger partial charge in [-0.05, 0) is 41.3 Å². The molecule has 12 heteroatoms. The number of aliphatic carboxylic acids is 1. The highest BCUT2D eigenvalue weighted by Crippen LogP contribution is 2.20. The number of phenols is 1. The molecule has 0 fully saturated rings. The second-order valence-corrected chi connectivity index (χ2v) is 10.4. The number of fused-ring (bicyclic) bond motifs is 1. The van der Waals surface area contributed by atoms with Gasteiger partial charge >= 0.3 is 5.97 Å². The largest absolute Gasteiger partial charge is 0.508 e. The number of aromatic hydroxyl groups is 1. The first-order valence-corrected chi connectivity index (χ1v) is 14.0. The van der Waals surface area contributed by atoms with Gasteiger partial charge in [-0.2, -0.15) is 0 Å². The zero-order valence-corrected chi connectivity index (χ0v) is 23.8. The third kappa shape index (κ3) is 8.43. The van der Waals surface area contributed by atoms with E-state index in [-0.39, 0.29) is 25.0 Å². The molecular formula is C32H35N5O7. The van der Waals surface area contributed by atoms with Gasteiger partial charge in [0.05, 0.1) is 12.6 Å². The Morgan fingerprint density at radius 2 is 1.27 bits per heavy atom. The molecule has 12 nitrogen and oxygen atoms in total. The maximum Gasteiger partial charge on any atom is 0.328 e. The van der Waals surface area contributed by atoms with Crippen LogP contribution in [0.25, 0.3) is 10.9 Å². The highest BCUT2D eigenvalue weighted by molar-refractivity contribution is 5.95. The summed E-state index contributed by atoms with van der Waals surface area (Å²) in [5.74, 6) is -3.55. The van der Waals surface area contributed by atoms with Gasteiger partial charge in [-0.1, -0.05) is 60.7 Å². The quantitative estimate of drug-likeness (QED) is 0.103. The van der Waals surface area contributed by atoms with E-state index < -0.39 is 54.5 Å². The van der Waals surface area contributed by atoms with Gasteiger partial charge in [0.2, 0.25) is 17.7 Å². The van der Waals surface area contributed by atoms with Crippen LogP contribution in [0.1, 0.15) is 16.7 Å². The van der Waals surface area contributed by atoms with Crippen molar-refractivity contribution in [3.63, 3.8) is 0 Å². The van der Waals surface area contributed by atoms with Crippen molar-refractivity contribution >= 4 is 34.6 Å². The number of nitrogens with one attached hydrogen (secondary N) is 4. The van der Waals surface area contributed by atoms with Gasteiger partial charge in [0, 0.05) is 29.9 Å². The molecular weight excluding hydrogens is 566 g/mol. The van der Waals surface area contributed by atoms with Crippen LogP contribution in [0.2, 0.25) is 0 Å². The molecule has 44 heavy (non-hydrogen) atoms. The Balaban J connectivity index is 1.58. The summed E-state index contributed by atoms with van der Waals surface area (Å²) in [5, 5.41) is 37.0. The molecule has 0 aliphatic rings. The summed E-state index contributed by atoms with van der Waals surface area (Å²) < 4.78 is 0. The SMILES string of the molecule is NC(Cc1ccccc1)C(=O)NC(Cc1ccc(O)cc1)C(=O)NC(Cc1c[nH]c2ccccc12)C(=O)NC(CO)C(=O)O. The van der Waals surface area contributed by atoms with E-state index in [0.29, 0.717) is 11.1 Å². The van der Waals surface area contributed by atoms with Gasteiger partial charge in [0.15, 0.2) is 0 Å². The van der Waals surface area contributed by atoms with E-state index in [2.05, 4.69) is 20.9 Å². The minimum absolute atomic E-state index is 0.00568. The van der Waals surface area contributed by atoms with Crippen LogP contribution in [-0.2, 0) is 38.4 Å². The second-order valence-electron chi connectivity index (χ2n) is 10.4. The fraction of sp³-hybridized carbons (Fsp3) is 0.250. The normalized spacial score (nSPS) is 13.8. The molecule has 4 aromatic rings. The molecule has 0 aliphatic carbocycles. The predicted molar refractivity (Wildman–Crippen MR) is 162 cm³/mol. The van der Waals surface area contributed by atoms with Crippen molar-refractivity contribution in [3.8, 4) is 5.75 Å². The number of carbonyl (C=O) groups excluding carboxylic acids is 3. The smallest absolute Gasteiger partial charge is 0.328 e. The molecule has 0 radical (unpaired) electrons. The topological polar surface area (TPSA) is 207 Å². The Labute approximate surface area is 253 Å². The first kappa shape index (κ1) is 31.7. The van der Waals surface area contributed by atoms with Crippen molar-refractivity contribution < 1.29 is 34.5 Å². The number of rotatable bonds is 14. The Morgan fingerprint density at radius 3 is 1.93 bits per heavy atom. The highest BCUT2D eigenvalue weighted by Gasteiger charge is 2.31. The van der Waals surface area contributed by atoms with Crippen molar-refractivity contribution in [2.45, 2.75) is 43.4 Å². The van der Waals surface area contributed by atoms with Crippen LogP contribution in [0.4, 0.5) is 0 Å². The lowest BCUT2D eigenvalue weighted by Gasteiger charge is -2.25. The number of benzene rings is 3. The fourth-order valence-electron chi connectivity index (χ4n) is 4.78. The van der Waals surface area contributed by atoms with E-state index in [1.165, 1.54) is 12.1 Å². The molecule has 9 N–H and O–H groups in total. The predicted octanol–water partition coefficient (Wildman–Crippen LogP) is 0.760. The number of amides is 3. The number of hydrogen-bond donors (Lipinski definition) is 8. The summed E-state index contributed by atoms with van der Waals surface area (Å²) in [5.41, 5.74) is 9.11. The number of carboxylic acid groups (broad SMARTS) is 1. The average Bonchev–Trinajstić information content (AvgIpc) is 3.43. The summed E-state index contributed by atoms with van der Waals surface area (Å²) in [6, 6.07) is 17.6. The van der Waals surface area contributed by atoms with Gasteiger partial charge < -0.3 is 42.0 Å². The number of H-pyrrole nitrogens is 1. The monoisotopic (exact) mass is 601 g/mol. The second kappa shape index (κ2) is 14.8. The minimum Gasteiger partial charge on any atom is -0.508 e. The number of carboxylic acids is 1. The third-order valence-corrected chi connectivity index (χ3v) is 7.17. The van der Waals surface area contributed by atoms with E-state index in [1.54, 1.807) is 18.3 Å². The Morgan fingerprint density at radius 1 is 0.705 bits per heavy atom. The van der Waals surface area contributed by atoms with Crippen LogP contribution in [-0.4, -0.2) is 74.8 Å². The Kier molecular flexibility index (Phi) is 10.7. The van der Waals surface area contributed by atoms with Crippen molar-refractivity contribution in [2.75, 3.05) is 6.61 Å². The molecule has 0 bridgehead atoms. The number of aromatic amines is 1. The molecule has 0 saturated heterocycles. The lowest BCUT2D eigenvalue weighted by molar-refractivity contribution is -0.143. The zero-order chi connectivity index (χ0) is 31.6. The molecule has 1 aromatic heterocycles. The third-order valence-electron chi connectivity index (χ3n) is 7.17. The summed E-state index contributed by atoms with van der Waals surface area (Å²) in [6.45, 7) is -0.854. The van der Waals surface area contributed by atoms with Gasteiger partial charge in [0.1, 0.15) is 23.9 Å². The van der Waals surface area contributed by atoms with Crippen LogP contribution in [0.5, 0.6) is 5.75 Å². The number of nitrogens with two attached hydrogens (primary N) is 1. The van der Waals surface area contributed by atoms with E-state index >= 15 is 0 Å². The molecule has 4 unspecified atom stereocenters. The molecule has 230 valence electrons. The number of phenolic OH excluding ortho intramolecular Hbond substituents is 1. The lowest BCUT2D eigenvalue weighted by Crippen LogP contribution is -2.58. The fourth-order valence-corrected chi connectivity index (χ4v) is 4.78. The number of carbonyl (C=O) groups is 4. The highest BCUT2D eigenvalue weighted by atomic mass is 16.4. The number of aromatic nitrogens is 1. The van der Waals surface area contributed by atoms with Crippen molar-refractivity contribution in [3.05, 3.63) is 102 Å². The molecule has 1 heterocycles. The lowest BCUT2D eigenvalue weighted by atomic mass is 10.0. The van der Waals surface area contributed by atoms with Crippen LogP contribution < -0.4 is 21.7 Å². The summed E-state index contributed by atoms with van der Waals surface area (Å²) >= 11 is 0. The van der Waals surface area contributed by atoms with E-state index in [4.69, 9.17) is 5.73 Å². The van der Waals surface area contributed by atoms with E-state index in [1.807, 2.05) is 54.6 Å². The zero-order valence-electron chi connectivity index (χ0n) is 23.8. The summed E-state index contributed by atoms with van der Waals surface area (Å²) in [7, 11) is 0. The van der Waals surface area contributed by atoms with Gasteiger partial charge in [-0.15, -0.1) is 0 Å². The molecule has 0 spiro atoms. The number of hydrogen-bond acceptors (Lipinski definition) is 7. The van der Waals surface area contributed by atoms with Crippen molar-refractivity contribution in [1.82, 2.24) is 20.9 Å². The first-order chi connectivity index (χ1) is 21.1. The molecule has 0 saturated carbocycles. The van der Waals surface area contributed by atoms with Gasteiger partial charge in [-0.3, -0.25) is 14.4 Å². The van der Waals surface area contributed by atoms with Gasteiger partial charge in [-0.25, -0.2) is 4.79 Å². The van der Waals surface area contributed by atoms with Crippen LogP contribution >= 0.6 is 0 Å². The maximum atomic E-state index is 13.8. The molecule has 0 aliphatic heterocycles. The number of aliphatic hydroxyl groups excluding tert-OH is 1. The average molecular weight is 602 g/mol. The van der Waals surface area contributed by atoms with Crippen LogP contribution in [0.3, 0.4) is 0 Å². The molecule has 4 rings (SSSR count). The van der Waals surface area contributed by atoms with E-state index in [9.17, 15) is 34.5 Å². The molecule has 3 aromatic carbocycles. The van der Waals surface area contributed by atoms with Gasteiger partial charge in [0.25, 0.3) is 0 Å². The number of aliphatic hydroxyl groups is 1. The standard InChI is InChI=1S/C32H35N5O7/c33-24(14-19-6-2-1-3-7-19)29(40)35-26(15-20-10-12-22(39)13-11-20)30(41)36-27(31(42)37-28(18-38)32(43)44)16-21-17-34-25-9-5-4-8-23(21)25/h1-13,17,24,26-28,34,38-39H,14-16,18,33H2,(H,35,40)(H,36,41)(H,37,42)(H,43,44). The Hall–Kier alpha value is -5.20. The first-order valence-electron chi connectivity index (χ1n) is 14.0. The molecule has 4 atom stereocenters. The summed E-state index contributed by atoms with van der Waals surface area (Å²) in [6.07, 6.45) is 1.90. The molecule has 3 amide bonds. The van der Waals surface area contributed by atoms with E-state index in [0.717, 1.165) is 16.5 Å².